The monoisotopic (exact) mass is 308 g/mol. The first-order valence-corrected chi connectivity index (χ1v) is 5.97. The number of nitrogens with zero attached hydrogens (tertiary/aromatic N) is 1. The van der Waals surface area contributed by atoms with Crippen molar-refractivity contribution in [3.8, 4) is 0 Å². The third kappa shape index (κ3) is 2.50. The van der Waals surface area contributed by atoms with E-state index in [4.69, 9.17) is 0 Å². The lowest BCUT2D eigenvalue weighted by atomic mass is 10.1. The smallest absolute Gasteiger partial charge is 0.384 e. The Hall–Kier alpha value is -1.99. The average Bonchev–Trinajstić information content (AvgIpc) is 2.37. The first-order valence-electron chi connectivity index (χ1n) is 5.97. The zero-order valence-corrected chi connectivity index (χ0v) is 11.0. The van der Waals surface area contributed by atoms with Gasteiger partial charge < -0.3 is 5.32 Å². The molecule has 0 aliphatic rings. The molecule has 0 bridgehead atoms. The number of fused-ring (bicyclic) bond motifs is 1. The molecule has 0 aliphatic carbocycles. The van der Waals surface area contributed by atoms with Crippen molar-refractivity contribution in [1.29, 1.82) is 0 Å². The molecule has 0 spiro atoms. The van der Waals surface area contributed by atoms with Crippen molar-refractivity contribution < 1.29 is 26.3 Å². The molecule has 0 saturated carbocycles. The summed E-state index contributed by atoms with van der Waals surface area (Å²) in [5.41, 5.74) is -2.98. The molecule has 0 radical (unpaired) electrons. The molecule has 0 aliphatic heterocycles. The van der Waals surface area contributed by atoms with E-state index in [1.165, 1.54) is 0 Å². The zero-order chi connectivity index (χ0) is 15.9. The van der Waals surface area contributed by atoms with Crippen molar-refractivity contribution in [3.63, 3.8) is 0 Å². The number of hydrogen-bond acceptors (Lipinski definition) is 2. The summed E-state index contributed by atoms with van der Waals surface area (Å²) in [6, 6.07) is 0.285. The highest BCUT2D eigenvalue weighted by molar-refractivity contribution is 5.94. The lowest BCUT2D eigenvalue weighted by Crippen LogP contribution is -2.14. The summed E-state index contributed by atoms with van der Waals surface area (Å²) in [7, 11) is 0. The van der Waals surface area contributed by atoms with Gasteiger partial charge in [0.1, 0.15) is 17.0 Å². The lowest BCUT2D eigenvalue weighted by molar-refractivity contribution is -0.141. The van der Waals surface area contributed by atoms with E-state index >= 15 is 0 Å². The quantitative estimate of drug-likeness (QED) is 0.656. The molecule has 1 N–H and O–H groups in total. The van der Waals surface area contributed by atoms with Gasteiger partial charge in [-0.1, -0.05) is 0 Å². The molecule has 1 aromatic carbocycles. The van der Waals surface area contributed by atoms with Crippen LogP contribution in [0.2, 0.25) is 0 Å². The highest BCUT2D eigenvalue weighted by Gasteiger charge is 2.37. The highest BCUT2D eigenvalue weighted by Crippen LogP contribution is 2.38. The maximum Gasteiger partial charge on any atom is 0.433 e. The molecule has 0 amide bonds. The number of alkyl halides is 3. The van der Waals surface area contributed by atoms with E-state index in [1.807, 2.05) is 0 Å². The fourth-order valence-corrected chi connectivity index (χ4v) is 2.10. The molecule has 2 aromatic rings. The van der Waals surface area contributed by atoms with Crippen LogP contribution in [0, 0.1) is 24.4 Å². The van der Waals surface area contributed by atoms with Crippen LogP contribution in [0.5, 0.6) is 0 Å². The second-order valence-electron chi connectivity index (χ2n) is 4.37. The molecule has 1 aromatic heterocycles. The van der Waals surface area contributed by atoms with Crippen LogP contribution in [0.15, 0.2) is 6.07 Å². The van der Waals surface area contributed by atoms with Crippen LogP contribution in [0.1, 0.15) is 18.2 Å². The van der Waals surface area contributed by atoms with E-state index in [9.17, 15) is 26.3 Å². The van der Waals surface area contributed by atoms with Gasteiger partial charge in [-0.25, -0.2) is 18.2 Å². The van der Waals surface area contributed by atoms with Crippen molar-refractivity contribution in [2.24, 2.45) is 0 Å². The van der Waals surface area contributed by atoms with E-state index in [-0.39, 0.29) is 23.9 Å². The molecular formula is C13H10F6N2. The first kappa shape index (κ1) is 15.4. The Bertz CT molecular complexity index is 708. The third-order valence-corrected chi connectivity index (χ3v) is 2.97. The maximum absolute atomic E-state index is 13.9. The van der Waals surface area contributed by atoms with Gasteiger partial charge in [0, 0.05) is 18.2 Å². The Morgan fingerprint density at radius 3 is 2.29 bits per heavy atom. The SMILES string of the molecule is CCNc1c(C)c(C(F)(F)F)nc2c(F)c(F)cc(F)c12. The van der Waals surface area contributed by atoms with Gasteiger partial charge in [-0.15, -0.1) is 0 Å². The topological polar surface area (TPSA) is 24.9 Å². The lowest BCUT2D eigenvalue weighted by Gasteiger charge is -2.17. The molecular weight excluding hydrogens is 298 g/mol. The summed E-state index contributed by atoms with van der Waals surface area (Å²) >= 11 is 0. The molecule has 0 atom stereocenters. The van der Waals surface area contributed by atoms with Crippen molar-refractivity contribution in [2.75, 3.05) is 11.9 Å². The van der Waals surface area contributed by atoms with Crippen LogP contribution in [-0.2, 0) is 6.18 Å². The Morgan fingerprint density at radius 2 is 1.76 bits per heavy atom. The maximum atomic E-state index is 13.9. The highest BCUT2D eigenvalue weighted by atomic mass is 19.4. The second-order valence-corrected chi connectivity index (χ2v) is 4.37. The molecule has 0 fully saturated rings. The third-order valence-electron chi connectivity index (χ3n) is 2.97. The van der Waals surface area contributed by atoms with Gasteiger partial charge in [-0.2, -0.15) is 13.2 Å². The molecule has 2 rings (SSSR count). The summed E-state index contributed by atoms with van der Waals surface area (Å²) in [5, 5.41) is 2.05. The molecule has 8 heteroatoms. The van der Waals surface area contributed by atoms with E-state index in [0.29, 0.717) is 0 Å². The summed E-state index contributed by atoms with van der Waals surface area (Å²) in [4.78, 5) is 3.09. The van der Waals surface area contributed by atoms with Crippen LogP contribution in [-0.4, -0.2) is 11.5 Å². The largest absolute Gasteiger partial charge is 0.433 e. The summed E-state index contributed by atoms with van der Waals surface area (Å²) < 4.78 is 79.5. The van der Waals surface area contributed by atoms with Gasteiger partial charge in [-0.3, -0.25) is 0 Å². The summed E-state index contributed by atoms with van der Waals surface area (Å²) in [6.45, 7) is 2.85. The van der Waals surface area contributed by atoms with E-state index in [1.54, 1.807) is 6.92 Å². The Balaban J connectivity index is 3.00. The van der Waals surface area contributed by atoms with Crippen LogP contribution >= 0.6 is 0 Å². The summed E-state index contributed by atoms with van der Waals surface area (Å²) in [5.74, 6) is -4.38. The standard InChI is InChI=1S/C13H10F6N2/c1-3-20-10-5(2)12(13(17,18)19)21-11-8(10)6(14)4-7(15)9(11)16/h4H,3H2,1-2H3,(H,20,21). The second kappa shape index (κ2) is 5.09. The van der Waals surface area contributed by atoms with E-state index in [0.717, 1.165) is 6.92 Å². The van der Waals surface area contributed by atoms with Crippen LogP contribution in [0.4, 0.5) is 32.0 Å². The van der Waals surface area contributed by atoms with Gasteiger partial charge in [0.05, 0.1) is 11.1 Å². The molecule has 0 saturated heterocycles. The van der Waals surface area contributed by atoms with Gasteiger partial charge in [0.25, 0.3) is 0 Å². The minimum atomic E-state index is -4.86. The van der Waals surface area contributed by atoms with E-state index in [2.05, 4.69) is 10.3 Å². The van der Waals surface area contributed by atoms with Gasteiger partial charge in [0.15, 0.2) is 11.6 Å². The summed E-state index contributed by atoms with van der Waals surface area (Å²) in [6.07, 6.45) is -4.86. The molecule has 2 nitrogen and oxygen atoms in total. The fraction of sp³-hybridized carbons (Fsp3) is 0.308. The predicted molar refractivity (Wildman–Crippen MR) is 65.5 cm³/mol. The molecule has 1 heterocycles. The number of hydrogen-bond donors (Lipinski definition) is 1. The van der Waals surface area contributed by atoms with E-state index < -0.39 is 40.2 Å². The zero-order valence-electron chi connectivity index (χ0n) is 11.0. The number of nitrogens with one attached hydrogen (secondary N) is 1. The van der Waals surface area contributed by atoms with Crippen molar-refractivity contribution in [3.05, 3.63) is 34.8 Å². The molecule has 114 valence electrons. The van der Waals surface area contributed by atoms with Crippen LogP contribution in [0.3, 0.4) is 0 Å². The fourth-order valence-electron chi connectivity index (χ4n) is 2.10. The number of pyridine rings is 1. The Morgan fingerprint density at radius 1 is 1.14 bits per heavy atom. The number of rotatable bonds is 2. The number of benzene rings is 1. The van der Waals surface area contributed by atoms with Crippen molar-refractivity contribution in [2.45, 2.75) is 20.0 Å². The van der Waals surface area contributed by atoms with Gasteiger partial charge in [0.2, 0.25) is 0 Å². The molecule has 0 unspecified atom stereocenters. The Kier molecular flexibility index (Phi) is 3.73. The normalized spacial score (nSPS) is 12.0. The van der Waals surface area contributed by atoms with Crippen molar-refractivity contribution in [1.82, 2.24) is 4.98 Å². The molecule has 21 heavy (non-hydrogen) atoms. The van der Waals surface area contributed by atoms with Crippen LogP contribution in [0.25, 0.3) is 10.9 Å². The number of aromatic nitrogens is 1. The average molecular weight is 308 g/mol. The van der Waals surface area contributed by atoms with Crippen LogP contribution < -0.4 is 5.32 Å². The number of anilines is 1. The van der Waals surface area contributed by atoms with Crippen molar-refractivity contribution >= 4 is 16.6 Å². The first-order chi connectivity index (χ1) is 9.68. The predicted octanol–water partition coefficient (Wildman–Crippen LogP) is 4.41. The van der Waals surface area contributed by atoms with Gasteiger partial charge in [-0.05, 0) is 13.8 Å². The minimum Gasteiger partial charge on any atom is -0.384 e. The van der Waals surface area contributed by atoms with Gasteiger partial charge >= 0.3 is 6.18 Å². The number of halogens is 6. The minimum absolute atomic E-state index is 0.176. The Labute approximate surface area is 115 Å².